The molecule has 0 amide bonds. The molecular formula is C11H15NO3. The Hall–Kier alpha value is -1.42. The molecule has 4 heteroatoms. The van der Waals surface area contributed by atoms with Gasteiger partial charge in [0.1, 0.15) is 0 Å². The number of nitro groups is 1. The fourth-order valence-corrected chi connectivity index (χ4v) is 1.32. The van der Waals surface area contributed by atoms with Crippen molar-refractivity contribution in [3.8, 4) is 0 Å². The molecule has 0 aliphatic rings. The lowest BCUT2D eigenvalue weighted by Crippen LogP contribution is -2.05. The number of aliphatic hydroxyl groups is 1. The highest BCUT2D eigenvalue weighted by molar-refractivity contribution is 5.32. The molecule has 1 aromatic carbocycles. The number of aryl methyl sites for hydroxylation is 1. The van der Waals surface area contributed by atoms with Gasteiger partial charge in [-0.1, -0.05) is 19.1 Å². The molecule has 1 rings (SSSR count). The fraction of sp³-hybridized carbons (Fsp3) is 0.455. The number of rotatable bonds is 5. The topological polar surface area (TPSA) is 63.4 Å². The average molecular weight is 209 g/mol. The molecule has 0 saturated heterocycles. The zero-order valence-corrected chi connectivity index (χ0v) is 8.72. The molecule has 0 aromatic heterocycles. The molecule has 1 atom stereocenters. The van der Waals surface area contributed by atoms with E-state index >= 15 is 0 Å². The molecule has 0 saturated carbocycles. The Kier molecular flexibility index (Phi) is 4.24. The highest BCUT2D eigenvalue weighted by Crippen LogP contribution is 2.14. The Balaban J connectivity index is 2.53. The predicted molar refractivity (Wildman–Crippen MR) is 57.7 cm³/mol. The minimum atomic E-state index is -0.412. The van der Waals surface area contributed by atoms with Gasteiger partial charge >= 0.3 is 0 Å². The first-order valence-corrected chi connectivity index (χ1v) is 5.05. The van der Waals surface area contributed by atoms with E-state index in [1.54, 1.807) is 12.1 Å². The van der Waals surface area contributed by atoms with Crippen LogP contribution in [-0.4, -0.2) is 16.1 Å². The van der Waals surface area contributed by atoms with Gasteiger partial charge in [0, 0.05) is 12.1 Å². The van der Waals surface area contributed by atoms with Crippen molar-refractivity contribution in [1.29, 1.82) is 0 Å². The van der Waals surface area contributed by atoms with E-state index in [4.69, 9.17) is 0 Å². The Morgan fingerprint density at radius 1 is 1.40 bits per heavy atom. The van der Waals surface area contributed by atoms with Crippen LogP contribution in [0.25, 0.3) is 0 Å². The SMILES string of the molecule is CCC(O)CCc1ccc([N+](=O)[O-])cc1. The van der Waals surface area contributed by atoms with E-state index < -0.39 is 4.92 Å². The summed E-state index contributed by atoms with van der Waals surface area (Å²) in [5.41, 5.74) is 1.13. The summed E-state index contributed by atoms with van der Waals surface area (Å²) >= 11 is 0. The van der Waals surface area contributed by atoms with Gasteiger partial charge in [-0.3, -0.25) is 10.1 Å². The summed E-state index contributed by atoms with van der Waals surface area (Å²) in [6.45, 7) is 1.93. The van der Waals surface area contributed by atoms with E-state index in [2.05, 4.69) is 0 Å². The smallest absolute Gasteiger partial charge is 0.269 e. The summed E-state index contributed by atoms with van der Waals surface area (Å²) in [6, 6.07) is 6.46. The van der Waals surface area contributed by atoms with Crippen LogP contribution in [0.15, 0.2) is 24.3 Å². The molecule has 0 aliphatic heterocycles. The van der Waals surface area contributed by atoms with Gasteiger partial charge in [0.05, 0.1) is 11.0 Å². The maximum atomic E-state index is 10.4. The van der Waals surface area contributed by atoms with Crippen LogP contribution >= 0.6 is 0 Å². The number of nitro benzene ring substituents is 1. The van der Waals surface area contributed by atoms with E-state index in [1.165, 1.54) is 12.1 Å². The standard InChI is InChI=1S/C11H15NO3/c1-2-11(13)8-5-9-3-6-10(7-4-9)12(14)15/h3-4,6-7,11,13H,2,5,8H2,1H3. The van der Waals surface area contributed by atoms with Gasteiger partial charge in [-0.05, 0) is 24.8 Å². The normalized spacial score (nSPS) is 12.4. The van der Waals surface area contributed by atoms with Gasteiger partial charge in [0.15, 0.2) is 0 Å². The van der Waals surface area contributed by atoms with Crippen LogP contribution in [0.4, 0.5) is 5.69 Å². The van der Waals surface area contributed by atoms with Crippen LogP contribution in [0.3, 0.4) is 0 Å². The second kappa shape index (κ2) is 5.46. The van der Waals surface area contributed by atoms with Crippen LogP contribution in [0.5, 0.6) is 0 Å². The van der Waals surface area contributed by atoms with Gasteiger partial charge in [0.2, 0.25) is 0 Å². The Morgan fingerprint density at radius 2 is 2.00 bits per heavy atom. The molecular weight excluding hydrogens is 194 g/mol. The highest BCUT2D eigenvalue weighted by Gasteiger charge is 2.05. The van der Waals surface area contributed by atoms with Crippen LogP contribution < -0.4 is 0 Å². The van der Waals surface area contributed by atoms with E-state index in [0.717, 1.165) is 18.4 Å². The van der Waals surface area contributed by atoms with Crippen LogP contribution in [0, 0.1) is 10.1 Å². The Bertz CT molecular complexity index is 321. The Morgan fingerprint density at radius 3 is 2.47 bits per heavy atom. The van der Waals surface area contributed by atoms with E-state index in [-0.39, 0.29) is 11.8 Å². The molecule has 1 aromatic rings. The number of benzene rings is 1. The lowest BCUT2D eigenvalue weighted by Gasteiger charge is -2.06. The summed E-state index contributed by atoms with van der Waals surface area (Å²) < 4.78 is 0. The third kappa shape index (κ3) is 3.67. The maximum absolute atomic E-state index is 10.4. The zero-order valence-electron chi connectivity index (χ0n) is 8.72. The average Bonchev–Trinajstić information content (AvgIpc) is 2.26. The first-order valence-electron chi connectivity index (χ1n) is 5.05. The number of hydrogen-bond donors (Lipinski definition) is 1. The predicted octanol–water partition coefficient (Wildman–Crippen LogP) is 2.30. The van der Waals surface area contributed by atoms with Crippen molar-refractivity contribution in [1.82, 2.24) is 0 Å². The monoisotopic (exact) mass is 209 g/mol. The third-order valence-electron chi connectivity index (χ3n) is 2.38. The maximum Gasteiger partial charge on any atom is 0.269 e. The lowest BCUT2D eigenvalue weighted by molar-refractivity contribution is -0.384. The van der Waals surface area contributed by atoms with Crippen molar-refractivity contribution in [3.05, 3.63) is 39.9 Å². The number of non-ortho nitro benzene ring substituents is 1. The van der Waals surface area contributed by atoms with Crippen molar-refractivity contribution in [2.24, 2.45) is 0 Å². The van der Waals surface area contributed by atoms with Gasteiger partial charge < -0.3 is 5.11 Å². The van der Waals surface area contributed by atoms with Crippen LogP contribution in [0.2, 0.25) is 0 Å². The molecule has 0 heterocycles. The van der Waals surface area contributed by atoms with E-state index in [0.29, 0.717) is 6.42 Å². The van der Waals surface area contributed by atoms with E-state index in [9.17, 15) is 15.2 Å². The van der Waals surface area contributed by atoms with Gasteiger partial charge in [0.25, 0.3) is 5.69 Å². The molecule has 1 unspecified atom stereocenters. The molecule has 82 valence electrons. The van der Waals surface area contributed by atoms with E-state index in [1.807, 2.05) is 6.92 Å². The molecule has 0 fully saturated rings. The summed E-state index contributed by atoms with van der Waals surface area (Å²) in [5, 5.41) is 19.7. The van der Waals surface area contributed by atoms with Crippen LogP contribution in [-0.2, 0) is 6.42 Å². The Labute approximate surface area is 88.7 Å². The number of hydrogen-bond acceptors (Lipinski definition) is 3. The summed E-state index contributed by atoms with van der Waals surface area (Å²) in [4.78, 5) is 9.98. The lowest BCUT2D eigenvalue weighted by atomic mass is 10.1. The summed E-state index contributed by atoms with van der Waals surface area (Å²) in [7, 11) is 0. The zero-order chi connectivity index (χ0) is 11.3. The van der Waals surface area contributed by atoms with Crippen molar-refractivity contribution in [3.63, 3.8) is 0 Å². The summed E-state index contributed by atoms with van der Waals surface area (Å²) in [6.07, 6.45) is 1.93. The fourth-order valence-electron chi connectivity index (χ4n) is 1.32. The first-order chi connectivity index (χ1) is 7.13. The second-order valence-corrected chi connectivity index (χ2v) is 3.52. The molecule has 0 bridgehead atoms. The largest absolute Gasteiger partial charge is 0.393 e. The molecule has 1 N–H and O–H groups in total. The van der Waals surface area contributed by atoms with Gasteiger partial charge in [-0.25, -0.2) is 0 Å². The van der Waals surface area contributed by atoms with Crippen LogP contribution in [0.1, 0.15) is 25.3 Å². The second-order valence-electron chi connectivity index (χ2n) is 3.52. The van der Waals surface area contributed by atoms with Crippen molar-refractivity contribution >= 4 is 5.69 Å². The van der Waals surface area contributed by atoms with Gasteiger partial charge in [-0.2, -0.15) is 0 Å². The molecule has 4 nitrogen and oxygen atoms in total. The molecule has 0 aliphatic carbocycles. The first kappa shape index (κ1) is 11.7. The third-order valence-corrected chi connectivity index (χ3v) is 2.38. The van der Waals surface area contributed by atoms with Gasteiger partial charge in [-0.15, -0.1) is 0 Å². The van der Waals surface area contributed by atoms with Crippen molar-refractivity contribution in [2.75, 3.05) is 0 Å². The minimum Gasteiger partial charge on any atom is -0.393 e. The molecule has 0 spiro atoms. The van der Waals surface area contributed by atoms with Crippen molar-refractivity contribution < 1.29 is 10.0 Å². The number of nitrogens with zero attached hydrogens (tertiary/aromatic N) is 1. The summed E-state index contributed by atoms with van der Waals surface area (Å²) in [5.74, 6) is 0. The number of aliphatic hydroxyl groups excluding tert-OH is 1. The van der Waals surface area contributed by atoms with Crippen molar-refractivity contribution in [2.45, 2.75) is 32.3 Å². The molecule has 0 radical (unpaired) electrons. The highest BCUT2D eigenvalue weighted by atomic mass is 16.6. The molecule has 15 heavy (non-hydrogen) atoms. The minimum absolute atomic E-state index is 0.106. The quantitative estimate of drug-likeness (QED) is 0.597.